The number of hydrogen-bond donors (Lipinski definition) is 2. The number of carbonyl (C=O) groups excluding carboxylic acids is 1. The molecular formula is C19H24N4O2. The summed E-state index contributed by atoms with van der Waals surface area (Å²) in [5, 5.41) is 10.0. The number of carbonyl (C=O) groups is 1. The lowest BCUT2D eigenvalue weighted by atomic mass is 10.1. The van der Waals surface area contributed by atoms with Crippen molar-refractivity contribution in [3.63, 3.8) is 0 Å². The molecule has 0 unspecified atom stereocenters. The fourth-order valence-corrected chi connectivity index (χ4v) is 3.12. The first-order valence-corrected chi connectivity index (χ1v) is 9.03. The summed E-state index contributed by atoms with van der Waals surface area (Å²) in [7, 11) is 0. The van der Waals surface area contributed by atoms with Crippen LogP contribution in [0.5, 0.6) is 0 Å². The van der Waals surface area contributed by atoms with Gasteiger partial charge in [0.05, 0.1) is 13.2 Å². The number of nitrogens with zero attached hydrogens (tertiary/aromatic N) is 2. The van der Waals surface area contributed by atoms with E-state index in [2.05, 4.69) is 32.5 Å². The van der Waals surface area contributed by atoms with E-state index in [1.807, 2.05) is 18.2 Å². The molecule has 1 aliphatic heterocycles. The van der Waals surface area contributed by atoms with Crippen LogP contribution in [0.15, 0.2) is 30.3 Å². The molecule has 0 bridgehead atoms. The molecule has 2 N–H and O–H groups in total. The Morgan fingerprint density at radius 2 is 2.00 bits per heavy atom. The number of benzene rings is 1. The van der Waals surface area contributed by atoms with Crippen LogP contribution >= 0.6 is 0 Å². The summed E-state index contributed by atoms with van der Waals surface area (Å²) < 4.78 is 5.37. The summed E-state index contributed by atoms with van der Waals surface area (Å²) in [6.45, 7) is 4.74. The van der Waals surface area contributed by atoms with Crippen LogP contribution < -0.4 is 5.32 Å². The highest BCUT2D eigenvalue weighted by molar-refractivity contribution is 6.02. The second kappa shape index (κ2) is 7.37. The SMILES string of the molecule is O=C(Nc1ccc(CCN2CCOCC2)cc1)c1cc(C2CC2)[nH]n1. The van der Waals surface area contributed by atoms with Crippen molar-refractivity contribution in [2.75, 3.05) is 38.2 Å². The van der Waals surface area contributed by atoms with E-state index in [0.717, 1.165) is 50.7 Å². The Morgan fingerprint density at radius 1 is 1.24 bits per heavy atom. The molecule has 25 heavy (non-hydrogen) atoms. The van der Waals surface area contributed by atoms with E-state index in [9.17, 15) is 4.79 Å². The normalized spacial score (nSPS) is 18.2. The molecule has 2 heterocycles. The first kappa shape index (κ1) is 16.3. The van der Waals surface area contributed by atoms with Gasteiger partial charge < -0.3 is 10.1 Å². The summed E-state index contributed by atoms with van der Waals surface area (Å²) in [6.07, 6.45) is 3.39. The molecule has 2 aliphatic rings. The van der Waals surface area contributed by atoms with E-state index >= 15 is 0 Å². The van der Waals surface area contributed by atoms with E-state index in [4.69, 9.17) is 4.74 Å². The number of anilines is 1. The summed E-state index contributed by atoms with van der Waals surface area (Å²) in [5.74, 6) is 0.406. The molecule has 0 spiro atoms. The molecule has 1 aromatic carbocycles. The number of aromatic amines is 1. The molecule has 2 fully saturated rings. The summed E-state index contributed by atoms with van der Waals surface area (Å²) in [6, 6.07) is 9.94. The zero-order valence-corrected chi connectivity index (χ0v) is 14.3. The number of nitrogens with one attached hydrogen (secondary N) is 2. The van der Waals surface area contributed by atoms with Gasteiger partial charge in [-0.15, -0.1) is 0 Å². The Bertz CT molecular complexity index is 715. The standard InChI is InChI=1S/C19H24N4O2/c24-19(18-13-17(21-22-18)15-3-4-15)20-16-5-1-14(2-6-16)7-8-23-9-11-25-12-10-23/h1-2,5-6,13,15H,3-4,7-12H2,(H,20,24)(H,21,22). The molecule has 1 aromatic heterocycles. The Morgan fingerprint density at radius 3 is 2.72 bits per heavy atom. The van der Waals surface area contributed by atoms with Crippen LogP contribution in [-0.2, 0) is 11.2 Å². The highest BCUT2D eigenvalue weighted by Crippen LogP contribution is 2.39. The number of H-pyrrole nitrogens is 1. The number of aromatic nitrogens is 2. The molecule has 0 atom stereocenters. The van der Waals surface area contributed by atoms with Crippen LogP contribution in [0, 0.1) is 0 Å². The summed E-state index contributed by atoms with van der Waals surface area (Å²) >= 11 is 0. The predicted molar refractivity (Wildman–Crippen MR) is 95.9 cm³/mol. The van der Waals surface area contributed by atoms with E-state index in [0.29, 0.717) is 11.6 Å². The van der Waals surface area contributed by atoms with Crippen molar-refractivity contribution in [1.29, 1.82) is 0 Å². The summed E-state index contributed by atoms with van der Waals surface area (Å²) in [4.78, 5) is 14.7. The van der Waals surface area contributed by atoms with Crippen LogP contribution in [0.1, 0.15) is 40.5 Å². The second-order valence-electron chi connectivity index (χ2n) is 6.84. The molecule has 1 saturated heterocycles. The quantitative estimate of drug-likeness (QED) is 0.847. The Kier molecular flexibility index (Phi) is 4.81. The van der Waals surface area contributed by atoms with Gasteiger partial charge in [0, 0.05) is 36.9 Å². The van der Waals surface area contributed by atoms with Crippen molar-refractivity contribution in [2.45, 2.75) is 25.2 Å². The third kappa shape index (κ3) is 4.27. The van der Waals surface area contributed by atoms with Crippen molar-refractivity contribution in [3.05, 3.63) is 47.3 Å². The highest BCUT2D eigenvalue weighted by atomic mass is 16.5. The largest absolute Gasteiger partial charge is 0.379 e. The third-order valence-electron chi connectivity index (χ3n) is 4.88. The first-order valence-electron chi connectivity index (χ1n) is 9.03. The van der Waals surface area contributed by atoms with E-state index < -0.39 is 0 Å². The van der Waals surface area contributed by atoms with E-state index in [1.165, 1.54) is 18.4 Å². The lowest BCUT2D eigenvalue weighted by molar-refractivity contribution is 0.0384. The van der Waals surface area contributed by atoms with Gasteiger partial charge >= 0.3 is 0 Å². The van der Waals surface area contributed by atoms with Crippen LogP contribution in [0.2, 0.25) is 0 Å². The maximum Gasteiger partial charge on any atom is 0.276 e. The highest BCUT2D eigenvalue weighted by Gasteiger charge is 2.26. The number of amides is 1. The fraction of sp³-hybridized carbons (Fsp3) is 0.474. The van der Waals surface area contributed by atoms with Crippen molar-refractivity contribution >= 4 is 11.6 Å². The van der Waals surface area contributed by atoms with E-state index in [-0.39, 0.29) is 5.91 Å². The minimum absolute atomic E-state index is 0.163. The van der Waals surface area contributed by atoms with E-state index in [1.54, 1.807) is 0 Å². The Hall–Kier alpha value is -2.18. The molecule has 132 valence electrons. The van der Waals surface area contributed by atoms with Crippen molar-refractivity contribution < 1.29 is 9.53 Å². The molecule has 1 saturated carbocycles. The maximum atomic E-state index is 12.3. The Balaban J connectivity index is 1.29. The number of morpholine rings is 1. The topological polar surface area (TPSA) is 70.2 Å². The van der Waals surface area contributed by atoms with Gasteiger partial charge in [0.1, 0.15) is 0 Å². The van der Waals surface area contributed by atoms with Gasteiger partial charge in [-0.05, 0) is 43.0 Å². The van der Waals surface area contributed by atoms with Crippen LogP contribution in [0.25, 0.3) is 0 Å². The van der Waals surface area contributed by atoms with Crippen LogP contribution in [0.4, 0.5) is 5.69 Å². The van der Waals surface area contributed by atoms with Gasteiger partial charge in [-0.1, -0.05) is 12.1 Å². The predicted octanol–water partition coefficient (Wildman–Crippen LogP) is 2.41. The number of hydrogen-bond acceptors (Lipinski definition) is 4. The Labute approximate surface area is 147 Å². The molecule has 4 rings (SSSR count). The maximum absolute atomic E-state index is 12.3. The molecule has 6 nitrogen and oxygen atoms in total. The first-order chi connectivity index (χ1) is 12.3. The van der Waals surface area contributed by atoms with Gasteiger partial charge in [-0.2, -0.15) is 5.10 Å². The molecule has 6 heteroatoms. The average Bonchev–Trinajstić information content (AvgIpc) is 3.38. The lowest BCUT2D eigenvalue weighted by Gasteiger charge is -2.26. The van der Waals surface area contributed by atoms with Gasteiger partial charge in [0.15, 0.2) is 5.69 Å². The summed E-state index contributed by atoms with van der Waals surface area (Å²) in [5.41, 5.74) is 3.61. The molecule has 0 radical (unpaired) electrons. The minimum atomic E-state index is -0.163. The molecular weight excluding hydrogens is 316 g/mol. The zero-order valence-electron chi connectivity index (χ0n) is 14.3. The van der Waals surface area contributed by atoms with Gasteiger partial charge in [0.2, 0.25) is 0 Å². The van der Waals surface area contributed by atoms with Crippen molar-refractivity contribution in [3.8, 4) is 0 Å². The van der Waals surface area contributed by atoms with Crippen LogP contribution in [-0.4, -0.2) is 53.9 Å². The van der Waals surface area contributed by atoms with Gasteiger partial charge in [0.25, 0.3) is 5.91 Å². The smallest absolute Gasteiger partial charge is 0.276 e. The minimum Gasteiger partial charge on any atom is -0.379 e. The van der Waals surface area contributed by atoms with Crippen molar-refractivity contribution in [1.82, 2.24) is 15.1 Å². The molecule has 1 aliphatic carbocycles. The zero-order chi connectivity index (χ0) is 17.1. The second-order valence-corrected chi connectivity index (χ2v) is 6.84. The van der Waals surface area contributed by atoms with Gasteiger partial charge in [-0.25, -0.2) is 0 Å². The van der Waals surface area contributed by atoms with Gasteiger partial charge in [-0.3, -0.25) is 14.8 Å². The van der Waals surface area contributed by atoms with Crippen LogP contribution in [0.3, 0.4) is 0 Å². The molecule has 1 amide bonds. The third-order valence-corrected chi connectivity index (χ3v) is 4.88. The average molecular weight is 340 g/mol. The lowest BCUT2D eigenvalue weighted by Crippen LogP contribution is -2.37. The number of ether oxygens (including phenoxy) is 1. The number of rotatable bonds is 6. The van der Waals surface area contributed by atoms with Crippen molar-refractivity contribution in [2.24, 2.45) is 0 Å². The molecule has 2 aromatic rings. The monoisotopic (exact) mass is 340 g/mol. The fourth-order valence-electron chi connectivity index (χ4n) is 3.12.